The largest absolute Gasteiger partial charge is 0.379 e. The van der Waals surface area contributed by atoms with Crippen molar-refractivity contribution in [3.05, 3.63) is 0 Å². The molecule has 2 nitrogen and oxygen atoms in total. The van der Waals surface area contributed by atoms with Crippen LogP contribution in [0.3, 0.4) is 0 Å². The van der Waals surface area contributed by atoms with Crippen LogP contribution in [-0.2, 0) is 4.74 Å². The van der Waals surface area contributed by atoms with E-state index < -0.39 is 0 Å². The molecule has 12 heavy (non-hydrogen) atoms. The van der Waals surface area contributed by atoms with Gasteiger partial charge in [-0.2, -0.15) is 5.26 Å². The summed E-state index contributed by atoms with van der Waals surface area (Å²) in [6.45, 7) is 2.89. The maximum Gasteiger partial charge on any atom is 0.0653 e. The van der Waals surface area contributed by atoms with Crippen LogP contribution < -0.4 is 0 Å². The number of hydrogen-bond acceptors (Lipinski definition) is 2. The number of ether oxygens (including phenoxy) is 1. The molecule has 68 valence electrons. The fraction of sp³-hybridized carbons (Fsp3) is 0.889. The molecule has 0 bridgehead atoms. The van der Waals surface area contributed by atoms with E-state index in [9.17, 15) is 0 Å². The molecular weight excluding hydrogens is 166 g/mol. The van der Waals surface area contributed by atoms with E-state index >= 15 is 0 Å². The second-order valence-electron chi connectivity index (χ2n) is 3.99. The molecule has 0 aliphatic carbocycles. The van der Waals surface area contributed by atoms with Gasteiger partial charge in [-0.1, -0.05) is 0 Å². The van der Waals surface area contributed by atoms with E-state index in [4.69, 9.17) is 10.00 Å². The quantitative estimate of drug-likeness (QED) is 0.593. The summed E-state index contributed by atoms with van der Waals surface area (Å²) >= 11 is 0. The average Bonchev–Trinajstić information content (AvgIpc) is 2.05. The van der Waals surface area contributed by atoms with Gasteiger partial charge in [0.05, 0.1) is 6.07 Å². The van der Waals surface area contributed by atoms with Crippen molar-refractivity contribution in [2.45, 2.75) is 37.8 Å². The van der Waals surface area contributed by atoms with Gasteiger partial charge in [-0.25, -0.2) is 0 Å². The van der Waals surface area contributed by atoms with Crippen LogP contribution in [0.1, 0.15) is 32.6 Å². The third-order valence-electron chi connectivity index (χ3n) is 2.51. The lowest BCUT2D eigenvalue weighted by atomic mass is 9.98. The van der Waals surface area contributed by atoms with E-state index in [0.717, 1.165) is 23.3 Å². The Kier molecular flexibility index (Phi) is 3.30. The van der Waals surface area contributed by atoms with Gasteiger partial charge in [0.1, 0.15) is 0 Å². The lowest BCUT2D eigenvalue weighted by Crippen LogP contribution is -2.38. The van der Waals surface area contributed by atoms with Crippen molar-refractivity contribution < 1.29 is 4.74 Å². The molecule has 0 saturated carbocycles. The van der Waals surface area contributed by atoms with Crippen LogP contribution in [-0.4, -0.2) is 22.1 Å². The summed E-state index contributed by atoms with van der Waals surface area (Å²) in [6.07, 6.45) is 4.59. The molecule has 1 heterocycles. The van der Waals surface area contributed by atoms with Crippen molar-refractivity contribution in [1.29, 1.82) is 5.26 Å². The van der Waals surface area contributed by atoms with Crippen molar-refractivity contribution in [2.75, 3.05) is 6.61 Å². The van der Waals surface area contributed by atoms with Crippen LogP contribution in [0.4, 0.5) is 0 Å². The molecule has 2 atom stereocenters. The summed E-state index contributed by atoms with van der Waals surface area (Å²) in [6, 6.07) is 2.28. The third-order valence-corrected chi connectivity index (χ3v) is 3.71. The molecule has 1 rings (SSSR count). The van der Waals surface area contributed by atoms with Gasteiger partial charge in [-0.05, 0) is 32.6 Å². The van der Waals surface area contributed by atoms with E-state index in [1.807, 2.05) is 6.92 Å². The lowest BCUT2D eigenvalue weighted by molar-refractivity contribution is -0.0273. The van der Waals surface area contributed by atoms with Crippen molar-refractivity contribution in [2.24, 2.45) is 5.92 Å². The SMILES string of the molecule is CC(C#N)CC1([SiH3])CCCCO1. The highest BCUT2D eigenvalue weighted by Crippen LogP contribution is 2.27. The predicted octanol–water partition coefficient (Wildman–Crippen LogP) is 0.798. The van der Waals surface area contributed by atoms with Crippen LogP contribution in [0.2, 0.25) is 0 Å². The van der Waals surface area contributed by atoms with Gasteiger partial charge in [-0.3, -0.25) is 0 Å². The molecule has 0 aromatic heterocycles. The maximum absolute atomic E-state index is 8.69. The first-order valence-electron chi connectivity index (χ1n) is 4.70. The predicted molar refractivity (Wildman–Crippen MR) is 51.9 cm³/mol. The van der Waals surface area contributed by atoms with Gasteiger partial charge in [0, 0.05) is 28.0 Å². The molecule has 1 fully saturated rings. The molecule has 2 unspecified atom stereocenters. The van der Waals surface area contributed by atoms with Crippen LogP contribution >= 0.6 is 0 Å². The Morgan fingerprint density at radius 1 is 1.67 bits per heavy atom. The molecule has 1 aliphatic rings. The van der Waals surface area contributed by atoms with E-state index in [1.165, 1.54) is 19.3 Å². The zero-order valence-electron chi connectivity index (χ0n) is 7.97. The highest BCUT2D eigenvalue weighted by Gasteiger charge is 2.29. The third kappa shape index (κ3) is 2.61. The summed E-state index contributed by atoms with van der Waals surface area (Å²) in [7, 11) is 1.06. The van der Waals surface area contributed by atoms with Crippen LogP contribution in [0.5, 0.6) is 0 Å². The van der Waals surface area contributed by atoms with E-state index in [1.54, 1.807) is 0 Å². The molecule has 0 radical (unpaired) electrons. The smallest absolute Gasteiger partial charge is 0.0653 e. The van der Waals surface area contributed by atoms with E-state index in [2.05, 4.69) is 6.07 Å². The first-order valence-corrected chi connectivity index (χ1v) is 5.70. The summed E-state index contributed by atoms with van der Waals surface area (Å²) in [4.78, 5) is 0. The molecule has 0 aromatic rings. The summed E-state index contributed by atoms with van der Waals surface area (Å²) in [5.74, 6) is 0.153. The Morgan fingerprint density at radius 3 is 2.92 bits per heavy atom. The molecule has 0 spiro atoms. The number of hydrogen-bond donors (Lipinski definition) is 0. The lowest BCUT2D eigenvalue weighted by Gasteiger charge is -2.34. The van der Waals surface area contributed by atoms with Crippen LogP contribution in [0.15, 0.2) is 0 Å². The summed E-state index contributed by atoms with van der Waals surface area (Å²) in [5, 5.41) is 8.81. The van der Waals surface area contributed by atoms with Gasteiger partial charge in [0.2, 0.25) is 0 Å². The molecule has 1 aliphatic heterocycles. The average molecular weight is 183 g/mol. The Balaban J connectivity index is 2.42. The fourth-order valence-corrected chi connectivity index (χ4v) is 3.02. The minimum Gasteiger partial charge on any atom is -0.379 e. The molecule has 3 heteroatoms. The standard InChI is InChI=1S/C9H17NOSi/c1-8(7-10)6-9(12)4-2-3-5-11-9/h8H,2-6H2,1,12H3. The first kappa shape index (κ1) is 9.75. The summed E-state index contributed by atoms with van der Waals surface area (Å²) in [5.41, 5.74) is 0. The monoisotopic (exact) mass is 183 g/mol. The van der Waals surface area contributed by atoms with Crippen LogP contribution in [0.25, 0.3) is 0 Å². The second kappa shape index (κ2) is 4.06. The maximum atomic E-state index is 8.69. The van der Waals surface area contributed by atoms with E-state index in [0.29, 0.717) is 0 Å². The number of rotatable bonds is 2. The minimum absolute atomic E-state index is 0.118. The topological polar surface area (TPSA) is 33.0 Å². The van der Waals surface area contributed by atoms with Gasteiger partial charge in [0.15, 0.2) is 0 Å². The van der Waals surface area contributed by atoms with Crippen molar-refractivity contribution in [3.8, 4) is 6.07 Å². The zero-order valence-corrected chi connectivity index (χ0v) is 9.97. The number of nitrogens with zero attached hydrogens (tertiary/aromatic N) is 1. The van der Waals surface area contributed by atoms with E-state index in [-0.39, 0.29) is 11.1 Å². The molecule has 0 N–H and O–H groups in total. The van der Waals surface area contributed by atoms with Gasteiger partial charge in [0.25, 0.3) is 0 Å². The van der Waals surface area contributed by atoms with Crippen LogP contribution in [0, 0.1) is 17.2 Å². The minimum atomic E-state index is 0.118. The fourth-order valence-electron chi connectivity index (χ4n) is 1.85. The molecule has 0 amide bonds. The molecular formula is C9H17NOSi. The Hall–Kier alpha value is -0.333. The van der Waals surface area contributed by atoms with Crippen molar-refractivity contribution in [3.63, 3.8) is 0 Å². The number of nitriles is 1. The Labute approximate surface area is 77.3 Å². The van der Waals surface area contributed by atoms with Crippen molar-refractivity contribution >= 4 is 10.2 Å². The zero-order chi connectivity index (χ0) is 9.03. The Morgan fingerprint density at radius 2 is 2.42 bits per heavy atom. The Bertz CT molecular complexity index is 181. The molecule has 0 aromatic carbocycles. The van der Waals surface area contributed by atoms with Gasteiger partial charge in [-0.15, -0.1) is 0 Å². The van der Waals surface area contributed by atoms with Gasteiger partial charge >= 0.3 is 0 Å². The highest BCUT2D eigenvalue weighted by molar-refractivity contribution is 6.14. The summed E-state index contributed by atoms with van der Waals surface area (Å²) < 4.78 is 5.75. The normalized spacial score (nSPS) is 32.7. The van der Waals surface area contributed by atoms with Crippen molar-refractivity contribution in [1.82, 2.24) is 0 Å². The molecule has 1 saturated heterocycles. The highest BCUT2D eigenvalue weighted by atomic mass is 28.1. The van der Waals surface area contributed by atoms with Gasteiger partial charge < -0.3 is 4.74 Å². The first-order chi connectivity index (χ1) is 5.66. The second-order valence-corrected chi connectivity index (χ2v) is 5.81.